The Hall–Kier alpha value is -2.24. The Balaban J connectivity index is 1.71. The molecule has 1 aliphatic rings. The molecule has 0 fully saturated rings. The molecular formula is C17H19N5OS2. The first kappa shape index (κ1) is 17.6. The van der Waals surface area contributed by atoms with Crippen molar-refractivity contribution in [1.82, 2.24) is 15.1 Å². The predicted molar refractivity (Wildman–Crippen MR) is 102 cm³/mol. The molecule has 2 N–H and O–H groups in total. The molecule has 0 aromatic carbocycles. The second kappa shape index (κ2) is 7.33. The van der Waals surface area contributed by atoms with Crippen LogP contribution in [0.2, 0.25) is 0 Å². The van der Waals surface area contributed by atoms with Gasteiger partial charge in [0.25, 0.3) is 5.91 Å². The average Bonchev–Trinajstić information content (AvgIpc) is 3.18. The van der Waals surface area contributed by atoms with E-state index in [1.807, 2.05) is 6.92 Å². The largest absolute Gasteiger partial charge is 0.323 e. The number of nitrogens with zero attached hydrogens (tertiary/aromatic N) is 3. The standard InChI is InChI=1S/C17H19N5OS2/c1-3-22-9-11(8-19-22)15(23)20-17(24)21-16-13(7-18)12-5-4-10(2)6-14(12)25-16/h8-10H,3-6H2,1-2H3,(H2,20,21,23,24)/t10-/m1/s1. The van der Waals surface area contributed by atoms with Crippen molar-refractivity contribution in [3.8, 4) is 6.07 Å². The fraction of sp³-hybridized carbons (Fsp3) is 0.412. The van der Waals surface area contributed by atoms with Crippen molar-refractivity contribution in [2.75, 3.05) is 5.32 Å². The van der Waals surface area contributed by atoms with Gasteiger partial charge in [-0.2, -0.15) is 10.4 Å². The van der Waals surface area contributed by atoms with Crippen LogP contribution in [0.15, 0.2) is 12.4 Å². The van der Waals surface area contributed by atoms with Crippen LogP contribution in [-0.2, 0) is 19.4 Å². The van der Waals surface area contributed by atoms with Gasteiger partial charge in [-0.05, 0) is 49.9 Å². The number of nitriles is 1. The molecule has 2 aromatic heterocycles. The monoisotopic (exact) mass is 373 g/mol. The molecule has 0 saturated heterocycles. The highest BCUT2D eigenvalue weighted by molar-refractivity contribution is 7.80. The van der Waals surface area contributed by atoms with Gasteiger partial charge >= 0.3 is 0 Å². The van der Waals surface area contributed by atoms with Crippen LogP contribution >= 0.6 is 23.6 Å². The highest BCUT2D eigenvalue weighted by atomic mass is 32.1. The lowest BCUT2D eigenvalue weighted by atomic mass is 9.89. The zero-order chi connectivity index (χ0) is 18.0. The van der Waals surface area contributed by atoms with Gasteiger partial charge in [0.15, 0.2) is 5.11 Å². The van der Waals surface area contributed by atoms with Gasteiger partial charge in [0.1, 0.15) is 11.1 Å². The van der Waals surface area contributed by atoms with E-state index in [2.05, 4.69) is 28.7 Å². The number of anilines is 1. The zero-order valence-electron chi connectivity index (χ0n) is 14.1. The second-order valence-corrected chi connectivity index (χ2v) is 7.67. The van der Waals surface area contributed by atoms with Gasteiger partial charge < -0.3 is 5.32 Å². The molecule has 0 radical (unpaired) electrons. The summed E-state index contributed by atoms with van der Waals surface area (Å²) in [4.78, 5) is 13.5. The molecule has 0 bridgehead atoms. The molecule has 0 aliphatic heterocycles. The second-order valence-electron chi connectivity index (χ2n) is 6.16. The number of rotatable bonds is 3. The molecule has 0 saturated carbocycles. The van der Waals surface area contributed by atoms with Crippen LogP contribution in [0.3, 0.4) is 0 Å². The van der Waals surface area contributed by atoms with Crippen LogP contribution in [-0.4, -0.2) is 20.8 Å². The lowest BCUT2D eigenvalue weighted by Gasteiger charge is -2.17. The predicted octanol–water partition coefficient (Wildman–Crippen LogP) is 3.09. The summed E-state index contributed by atoms with van der Waals surface area (Å²) in [6.45, 7) is 4.87. The van der Waals surface area contributed by atoms with Crippen molar-refractivity contribution in [2.45, 2.75) is 39.7 Å². The summed E-state index contributed by atoms with van der Waals surface area (Å²) in [5.41, 5.74) is 2.24. The number of carbonyl (C=O) groups excluding carboxylic acids is 1. The Morgan fingerprint density at radius 3 is 3.08 bits per heavy atom. The lowest BCUT2D eigenvalue weighted by Crippen LogP contribution is -2.33. The molecule has 1 aliphatic carbocycles. The number of aryl methyl sites for hydroxylation is 1. The van der Waals surface area contributed by atoms with Gasteiger partial charge in [-0.3, -0.25) is 14.8 Å². The first-order chi connectivity index (χ1) is 12.0. The van der Waals surface area contributed by atoms with E-state index in [0.29, 0.717) is 23.6 Å². The highest BCUT2D eigenvalue weighted by Crippen LogP contribution is 2.39. The Morgan fingerprint density at radius 2 is 2.40 bits per heavy atom. The van der Waals surface area contributed by atoms with Gasteiger partial charge in [-0.1, -0.05) is 6.92 Å². The minimum atomic E-state index is -0.314. The number of hydrogen-bond donors (Lipinski definition) is 2. The normalized spacial score (nSPS) is 16.0. The SMILES string of the molecule is CCn1cc(C(=O)NC(=S)Nc2sc3c(c2C#N)CC[C@@H](C)C3)cn1. The minimum absolute atomic E-state index is 0.192. The fourth-order valence-electron chi connectivity index (χ4n) is 2.92. The maximum absolute atomic E-state index is 12.2. The number of amides is 1. The first-order valence-corrected chi connectivity index (χ1v) is 9.43. The molecular weight excluding hydrogens is 354 g/mol. The van der Waals surface area contributed by atoms with Gasteiger partial charge in [0.2, 0.25) is 0 Å². The number of nitrogens with one attached hydrogen (secondary N) is 2. The molecule has 0 spiro atoms. The van der Waals surface area contributed by atoms with E-state index in [1.54, 1.807) is 22.2 Å². The Kier molecular flexibility index (Phi) is 5.16. The molecule has 3 rings (SSSR count). The quantitative estimate of drug-likeness (QED) is 0.808. The highest BCUT2D eigenvalue weighted by Gasteiger charge is 2.24. The summed E-state index contributed by atoms with van der Waals surface area (Å²) in [6.07, 6.45) is 6.19. The summed E-state index contributed by atoms with van der Waals surface area (Å²) < 4.78 is 1.67. The van der Waals surface area contributed by atoms with Gasteiger partial charge in [0, 0.05) is 17.6 Å². The Bertz CT molecular complexity index is 861. The van der Waals surface area contributed by atoms with Crippen molar-refractivity contribution >= 4 is 39.6 Å². The molecule has 2 heterocycles. The van der Waals surface area contributed by atoms with Crippen LogP contribution in [0.4, 0.5) is 5.00 Å². The van der Waals surface area contributed by atoms with Crippen LogP contribution < -0.4 is 10.6 Å². The third-order valence-corrected chi connectivity index (χ3v) is 5.67. The van der Waals surface area contributed by atoms with Crippen LogP contribution in [0, 0.1) is 17.2 Å². The van der Waals surface area contributed by atoms with Crippen LogP contribution in [0.1, 0.15) is 46.6 Å². The van der Waals surface area contributed by atoms with E-state index in [0.717, 1.165) is 29.8 Å². The summed E-state index contributed by atoms with van der Waals surface area (Å²) in [7, 11) is 0. The van der Waals surface area contributed by atoms with Gasteiger partial charge in [-0.25, -0.2) is 0 Å². The van der Waals surface area contributed by atoms with E-state index in [-0.39, 0.29) is 11.0 Å². The topological polar surface area (TPSA) is 82.7 Å². The third kappa shape index (κ3) is 3.72. The van der Waals surface area contributed by atoms with Gasteiger partial charge in [0.05, 0.1) is 17.3 Å². The van der Waals surface area contributed by atoms with Gasteiger partial charge in [-0.15, -0.1) is 11.3 Å². The number of thiophene rings is 1. The van der Waals surface area contributed by atoms with Crippen LogP contribution in [0.5, 0.6) is 0 Å². The zero-order valence-corrected chi connectivity index (χ0v) is 15.8. The summed E-state index contributed by atoms with van der Waals surface area (Å²) >= 11 is 6.81. The van der Waals surface area contributed by atoms with Crippen LogP contribution in [0.25, 0.3) is 0 Å². The molecule has 2 aromatic rings. The van der Waals surface area contributed by atoms with E-state index in [9.17, 15) is 10.1 Å². The molecule has 6 nitrogen and oxygen atoms in total. The van der Waals surface area contributed by atoms with Crippen molar-refractivity contribution in [3.63, 3.8) is 0 Å². The molecule has 25 heavy (non-hydrogen) atoms. The number of aromatic nitrogens is 2. The molecule has 0 unspecified atom stereocenters. The molecule has 130 valence electrons. The Labute approximate surface area is 155 Å². The summed E-state index contributed by atoms with van der Waals surface area (Å²) in [5.74, 6) is 0.318. The minimum Gasteiger partial charge on any atom is -0.323 e. The Morgan fingerprint density at radius 1 is 1.60 bits per heavy atom. The average molecular weight is 374 g/mol. The smallest absolute Gasteiger partial charge is 0.260 e. The number of thiocarbonyl (C=S) groups is 1. The number of carbonyl (C=O) groups is 1. The fourth-order valence-corrected chi connectivity index (χ4v) is 4.55. The molecule has 1 amide bonds. The van der Waals surface area contributed by atoms with Crippen molar-refractivity contribution in [1.29, 1.82) is 5.26 Å². The molecule has 1 atom stereocenters. The van der Waals surface area contributed by atoms with E-state index >= 15 is 0 Å². The number of hydrogen-bond acceptors (Lipinski definition) is 5. The van der Waals surface area contributed by atoms with Crippen molar-refractivity contribution in [3.05, 3.63) is 34.0 Å². The third-order valence-electron chi connectivity index (χ3n) is 4.30. The molecule has 8 heteroatoms. The van der Waals surface area contributed by atoms with E-state index < -0.39 is 0 Å². The lowest BCUT2D eigenvalue weighted by molar-refractivity contribution is 0.0977. The van der Waals surface area contributed by atoms with E-state index in [4.69, 9.17) is 12.2 Å². The summed E-state index contributed by atoms with van der Waals surface area (Å²) in [5, 5.41) is 20.2. The van der Waals surface area contributed by atoms with Crippen molar-refractivity contribution < 1.29 is 4.79 Å². The maximum atomic E-state index is 12.2. The maximum Gasteiger partial charge on any atom is 0.260 e. The number of fused-ring (bicyclic) bond motifs is 1. The first-order valence-electron chi connectivity index (χ1n) is 8.21. The summed E-state index contributed by atoms with van der Waals surface area (Å²) in [6, 6.07) is 2.28. The van der Waals surface area contributed by atoms with Crippen molar-refractivity contribution in [2.24, 2.45) is 5.92 Å². The van der Waals surface area contributed by atoms with E-state index in [1.165, 1.54) is 11.1 Å².